The summed E-state index contributed by atoms with van der Waals surface area (Å²) >= 11 is 0. The van der Waals surface area contributed by atoms with Crippen LogP contribution in [-0.4, -0.2) is 0 Å². The zero-order valence-corrected chi connectivity index (χ0v) is 39.8. The molecule has 0 aliphatic rings. The third-order valence-corrected chi connectivity index (χ3v) is 13.3. The zero-order chi connectivity index (χ0) is 46.7. The lowest BCUT2D eigenvalue weighted by atomic mass is 9.98. The van der Waals surface area contributed by atoms with Crippen molar-refractivity contribution in [1.29, 1.82) is 0 Å². The first-order valence-electron chi connectivity index (χ1n) is 23.6. The van der Waals surface area contributed by atoms with Gasteiger partial charge in [-0.15, -0.1) is 0 Å². The van der Waals surface area contributed by atoms with Gasteiger partial charge in [0.15, 0.2) is 0 Å². The highest BCUT2D eigenvalue weighted by molar-refractivity contribution is 5.85. The molecule has 0 amide bonds. The largest absolute Gasteiger partial charge is 0.310 e. The normalized spacial score (nSPS) is 11.1. The van der Waals surface area contributed by atoms with Crippen LogP contribution >= 0.6 is 0 Å². The second-order valence-electron chi connectivity index (χ2n) is 18.3. The van der Waals surface area contributed by atoms with E-state index in [9.17, 15) is 0 Å². The summed E-state index contributed by atoms with van der Waals surface area (Å²) < 4.78 is 0. The highest BCUT2D eigenvalue weighted by atomic mass is 15.1. The van der Waals surface area contributed by atoms with Crippen LogP contribution in [0.2, 0.25) is 0 Å². The van der Waals surface area contributed by atoms with Crippen molar-refractivity contribution >= 4 is 34.1 Å². The molecule has 2 heteroatoms. The Morgan fingerprint density at radius 2 is 0.368 bits per heavy atom. The predicted molar refractivity (Wildman–Crippen MR) is 291 cm³/mol. The molecule has 2 nitrogen and oxygen atoms in total. The van der Waals surface area contributed by atoms with Gasteiger partial charge in [-0.3, -0.25) is 0 Å². The molecular formula is C66H56N2. The van der Waals surface area contributed by atoms with Crippen LogP contribution in [0.1, 0.15) is 33.4 Å². The fraction of sp³-hybridized carbons (Fsp3) is 0.0909. The molecule has 0 atom stereocenters. The maximum absolute atomic E-state index is 2.39. The average molecular weight is 877 g/mol. The third-order valence-electron chi connectivity index (χ3n) is 13.3. The molecule has 10 rings (SSSR count). The molecule has 0 unspecified atom stereocenters. The molecule has 0 N–H and O–H groups in total. The van der Waals surface area contributed by atoms with Crippen molar-refractivity contribution in [3.05, 3.63) is 264 Å². The molecular weight excluding hydrogens is 821 g/mol. The number of rotatable bonds is 11. The number of hydrogen-bond donors (Lipinski definition) is 0. The van der Waals surface area contributed by atoms with Gasteiger partial charge in [0.25, 0.3) is 0 Å². The van der Waals surface area contributed by atoms with Crippen molar-refractivity contribution in [3.8, 4) is 55.6 Å². The fourth-order valence-corrected chi connectivity index (χ4v) is 9.22. The van der Waals surface area contributed by atoms with Crippen molar-refractivity contribution in [2.75, 3.05) is 9.80 Å². The van der Waals surface area contributed by atoms with E-state index in [1.807, 2.05) is 0 Å². The van der Waals surface area contributed by atoms with E-state index < -0.39 is 0 Å². The van der Waals surface area contributed by atoms with Crippen LogP contribution < -0.4 is 9.80 Å². The molecule has 10 aromatic carbocycles. The Bertz CT molecular complexity index is 2900. The average Bonchev–Trinajstić information content (AvgIpc) is 3.37. The van der Waals surface area contributed by atoms with Crippen molar-refractivity contribution in [1.82, 2.24) is 0 Å². The Hall–Kier alpha value is -8.20. The lowest BCUT2D eigenvalue weighted by molar-refractivity contribution is 1.24. The second kappa shape index (κ2) is 19.0. The maximum atomic E-state index is 2.39. The quantitative estimate of drug-likeness (QED) is 0.128. The van der Waals surface area contributed by atoms with Crippen molar-refractivity contribution in [3.63, 3.8) is 0 Å². The summed E-state index contributed by atoms with van der Waals surface area (Å²) in [5, 5.41) is 0. The first-order chi connectivity index (χ1) is 33.1. The molecule has 0 aliphatic heterocycles. The molecule has 0 aromatic heterocycles. The molecule has 0 saturated heterocycles. The van der Waals surface area contributed by atoms with Gasteiger partial charge in [0, 0.05) is 34.1 Å². The Balaban J connectivity index is 0.992. The minimum Gasteiger partial charge on any atom is -0.310 e. The van der Waals surface area contributed by atoms with Crippen LogP contribution in [0.15, 0.2) is 231 Å². The van der Waals surface area contributed by atoms with E-state index in [1.54, 1.807) is 0 Å². The highest BCUT2D eigenvalue weighted by Crippen LogP contribution is 2.42. The summed E-state index contributed by atoms with van der Waals surface area (Å²) in [5.41, 5.74) is 26.2. The van der Waals surface area contributed by atoms with E-state index >= 15 is 0 Å². The van der Waals surface area contributed by atoms with Gasteiger partial charge < -0.3 is 9.80 Å². The lowest BCUT2D eigenvalue weighted by Crippen LogP contribution is -2.12. The van der Waals surface area contributed by atoms with E-state index in [4.69, 9.17) is 0 Å². The maximum Gasteiger partial charge on any atom is 0.0491 e. The number of anilines is 6. The molecule has 0 heterocycles. The Kier molecular flexibility index (Phi) is 12.2. The summed E-state index contributed by atoms with van der Waals surface area (Å²) in [6.07, 6.45) is 0. The Labute approximate surface area is 403 Å². The van der Waals surface area contributed by atoms with Crippen LogP contribution in [0.3, 0.4) is 0 Å². The second-order valence-corrected chi connectivity index (χ2v) is 18.3. The number of aryl methyl sites for hydroxylation is 6. The van der Waals surface area contributed by atoms with E-state index in [-0.39, 0.29) is 0 Å². The van der Waals surface area contributed by atoms with Gasteiger partial charge in [0.1, 0.15) is 0 Å². The smallest absolute Gasteiger partial charge is 0.0491 e. The number of benzene rings is 10. The minimum absolute atomic E-state index is 1.11. The Morgan fingerprint density at radius 1 is 0.191 bits per heavy atom. The SMILES string of the molecule is Cc1ccc(-c2ccc(N(c3ccc(-c4ccc(C)cc4)cc3)c3ccc(-c4ccc(N(c5ccc(-c6ccc(C)cc6)cc5)c5ccc(-c6ccc(C)cc6)cc5)c(C)c4)cc3C)cc2)cc1. The zero-order valence-electron chi connectivity index (χ0n) is 39.8. The Morgan fingerprint density at radius 3 is 0.559 bits per heavy atom. The minimum atomic E-state index is 1.11. The summed E-state index contributed by atoms with van der Waals surface area (Å²) in [7, 11) is 0. The topological polar surface area (TPSA) is 6.48 Å². The lowest BCUT2D eigenvalue weighted by Gasteiger charge is -2.28. The molecule has 0 aliphatic carbocycles. The van der Waals surface area contributed by atoms with E-state index in [0.717, 1.165) is 34.1 Å². The van der Waals surface area contributed by atoms with E-state index in [0.29, 0.717) is 0 Å². The molecule has 0 saturated carbocycles. The molecule has 330 valence electrons. The fourth-order valence-electron chi connectivity index (χ4n) is 9.22. The van der Waals surface area contributed by atoms with Crippen molar-refractivity contribution in [2.24, 2.45) is 0 Å². The van der Waals surface area contributed by atoms with Gasteiger partial charge >= 0.3 is 0 Å². The third kappa shape index (κ3) is 9.27. The van der Waals surface area contributed by atoms with Crippen LogP contribution in [0.25, 0.3) is 55.6 Å². The molecule has 0 radical (unpaired) electrons. The van der Waals surface area contributed by atoms with Crippen molar-refractivity contribution < 1.29 is 0 Å². The van der Waals surface area contributed by atoms with Crippen LogP contribution in [0.4, 0.5) is 34.1 Å². The van der Waals surface area contributed by atoms with Gasteiger partial charge in [-0.2, -0.15) is 0 Å². The van der Waals surface area contributed by atoms with Crippen molar-refractivity contribution in [2.45, 2.75) is 41.5 Å². The summed E-state index contributed by atoms with van der Waals surface area (Å²) in [6, 6.07) is 84.7. The monoisotopic (exact) mass is 876 g/mol. The van der Waals surface area contributed by atoms with Gasteiger partial charge in [0.2, 0.25) is 0 Å². The molecule has 0 bridgehead atoms. The molecule has 0 fully saturated rings. The molecule has 10 aromatic rings. The van der Waals surface area contributed by atoms with Crippen LogP contribution in [-0.2, 0) is 0 Å². The predicted octanol–water partition coefficient (Wildman–Crippen LogP) is 18.8. The van der Waals surface area contributed by atoms with E-state index in [2.05, 4.69) is 282 Å². The summed E-state index contributed by atoms with van der Waals surface area (Å²) in [6.45, 7) is 13.0. The highest BCUT2D eigenvalue weighted by Gasteiger charge is 2.19. The number of nitrogens with zero attached hydrogens (tertiary/aromatic N) is 2. The van der Waals surface area contributed by atoms with Gasteiger partial charge in [-0.1, -0.05) is 180 Å². The number of hydrogen-bond acceptors (Lipinski definition) is 2. The van der Waals surface area contributed by atoms with Crippen LogP contribution in [0.5, 0.6) is 0 Å². The molecule has 0 spiro atoms. The van der Waals surface area contributed by atoms with E-state index in [1.165, 1.54) is 89.0 Å². The van der Waals surface area contributed by atoms with Gasteiger partial charge in [-0.25, -0.2) is 0 Å². The van der Waals surface area contributed by atoms with Gasteiger partial charge in [0.05, 0.1) is 0 Å². The van der Waals surface area contributed by atoms with Crippen LogP contribution in [0, 0.1) is 41.5 Å². The first kappa shape index (κ1) is 43.7. The standard InChI is InChI=1S/C66H56N2/c1-45-7-15-51(16-8-45)55-23-33-61(34-24-55)67(62-35-25-56(26-36-62)52-17-9-46(2)10-18-52)65-41-31-59(43-49(65)5)60-32-42-66(50(6)44-60)68(63-37-27-57(28-38-63)53-19-11-47(3)12-20-53)64-39-29-58(30-40-64)54-21-13-48(4)14-22-54/h7-44H,1-6H3. The first-order valence-corrected chi connectivity index (χ1v) is 23.6. The molecule has 68 heavy (non-hydrogen) atoms. The summed E-state index contributed by atoms with van der Waals surface area (Å²) in [4.78, 5) is 4.77. The summed E-state index contributed by atoms with van der Waals surface area (Å²) in [5.74, 6) is 0. The van der Waals surface area contributed by atoms with Gasteiger partial charge in [-0.05, 0) is 181 Å².